The zero-order valence-corrected chi connectivity index (χ0v) is 23.3. The summed E-state index contributed by atoms with van der Waals surface area (Å²) in [5.41, 5.74) is 3.67. The zero-order chi connectivity index (χ0) is 28.0. The molecular weight excluding hydrogens is 518 g/mol. The van der Waals surface area contributed by atoms with E-state index in [2.05, 4.69) is 53.2 Å². The molecule has 39 heavy (non-hydrogen) atoms. The van der Waals surface area contributed by atoms with Gasteiger partial charge in [0.05, 0.1) is 19.4 Å². The number of carboxylic acid groups (broad SMARTS) is 2. The summed E-state index contributed by atoms with van der Waals surface area (Å²) in [7, 11) is 3.90. The lowest BCUT2D eigenvalue weighted by Gasteiger charge is -2.38. The van der Waals surface area contributed by atoms with Gasteiger partial charge >= 0.3 is 11.9 Å². The molecule has 0 bridgehead atoms. The van der Waals surface area contributed by atoms with E-state index in [4.69, 9.17) is 24.7 Å². The van der Waals surface area contributed by atoms with Gasteiger partial charge in [0.25, 0.3) is 0 Å². The predicted molar refractivity (Wildman–Crippen MR) is 154 cm³/mol. The monoisotopic (exact) mass is 555 g/mol. The number of amidine groups is 1. The number of rotatable bonds is 10. The normalized spacial score (nSPS) is 15.6. The Hall–Kier alpha value is -3.34. The number of piperidine rings is 1. The van der Waals surface area contributed by atoms with Crippen LogP contribution >= 0.6 is 11.8 Å². The first-order valence-corrected chi connectivity index (χ1v) is 13.9. The third-order valence-electron chi connectivity index (χ3n) is 6.53. The van der Waals surface area contributed by atoms with Crippen molar-refractivity contribution in [2.24, 2.45) is 4.99 Å². The second-order valence-electron chi connectivity index (χ2n) is 9.26. The summed E-state index contributed by atoms with van der Waals surface area (Å²) in [5.74, 6) is -0.606. The molecule has 0 amide bonds. The summed E-state index contributed by atoms with van der Waals surface area (Å²) in [5, 5.41) is 16.8. The minimum atomic E-state index is -1.26. The highest BCUT2D eigenvalue weighted by atomic mass is 32.2. The van der Waals surface area contributed by atoms with Crippen molar-refractivity contribution in [3.8, 4) is 5.75 Å². The standard InChI is InChI=1S/C25H33N3O2S.C4H4O4/c1-27(25-26-24-7-4-3-6-21(24)19-31-25)22-12-15-28(16-13-22)14-5-17-30-18-20-8-10-23(29-2)11-9-20;5-3(6)1-2-4(7)8/h3-4,6-11,22H,5,12-19H2,1-2H3;1-2H,(H,5,6)(H,7,8)/b;2-1+. The molecule has 0 atom stereocenters. The Labute approximate surface area is 234 Å². The number of hydrogen-bond donors (Lipinski definition) is 2. The maximum absolute atomic E-state index is 9.55. The van der Waals surface area contributed by atoms with Gasteiger partial charge in [-0.15, -0.1) is 0 Å². The molecular formula is C29H37N3O6S. The number of methoxy groups -OCH3 is 1. The van der Waals surface area contributed by atoms with Crippen molar-refractivity contribution in [3.63, 3.8) is 0 Å². The van der Waals surface area contributed by atoms with Crippen LogP contribution in [-0.2, 0) is 26.7 Å². The van der Waals surface area contributed by atoms with Crippen LogP contribution in [0, 0.1) is 0 Å². The van der Waals surface area contributed by atoms with Gasteiger partial charge in [0.15, 0.2) is 5.17 Å². The molecule has 4 rings (SSSR count). The summed E-state index contributed by atoms with van der Waals surface area (Å²) in [6, 6.07) is 17.2. The molecule has 0 radical (unpaired) electrons. The number of likely N-dealkylation sites (tertiary alicyclic amines) is 1. The van der Waals surface area contributed by atoms with Gasteiger partial charge in [0.1, 0.15) is 5.75 Å². The second-order valence-corrected chi connectivity index (χ2v) is 10.2. The van der Waals surface area contributed by atoms with E-state index in [0.717, 1.165) is 49.9 Å². The number of ether oxygens (including phenoxy) is 2. The van der Waals surface area contributed by atoms with E-state index in [1.54, 1.807) is 7.11 Å². The third kappa shape index (κ3) is 10.4. The summed E-state index contributed by atoms with van der Waals surface area (Å²) in [6.45, 7) is 4.89. The van der Waals surface area contributed by atoms with E-state index >= 15 is 0 Å². The number of benzene rings is 2. The van der Waals surface area contributed by atoms with E-state index in [0.29, 0.717) is 24.8 Å². The Morgan fingerprint density at radius 1 is 1.08 bits per heavy atom. The van der Waals surface area contributed by atoms with E-state index < -0.39 is 11.9 Å². The average Bonchev–Trinajstić information content (AvgIpc) is 2.96. The summed E-state index contributed by atoms with van der Waals surface area (Å²) in [6.07, 6.45) is 4.59. The van der Waals surface area contributed by atoms with Gasteiger partial charge < -0.3 is 29.5 Å². The summed E-state index contributed by atoms with van der Waals surface area (Å²) < 4.78 is 11.1. The highest BCUT2D eigenvalue weighted by Gasteiger charge is 2.26. The van der Waals surface area contributed by atoms with Gasteiger partial charge in [-0.1, -0.05) is 42.1 Å². The van der Waals surface area contributed by atoms with Crippen molar-refractivity contribution in [2.45, 2.75) is 37.7 Å². The van der Waals surface area contributed by atoms with Crippen LogP contribution in [0.2, 0.25) is 0 Å². The Morgan fingerprint density at radius 3 is 2.38 bits per heavy atom. The minimum Gasteiger partial charge on any atom is -0.497 e. The van der Waals surface area contributed by atoms with Crippen molar-refractivity contribution in [3.05, 3.63) is 71.8 Å². The first kappa shape index (κ1) is 30.2. The van der Waals surface area contributed by atoms with Crippen LogP contribution in [0.1, 0.15) is 30.4 Å². The van der Waals surface area contributed by atoms with Crippen molar-refractivity contribution in [1.29, 1.82) is 0 Å². The predicted octanol–water partition coefficient (Wildman–Crippen LogP) is 4.64. The Bertz CT molecular complexity index is 1110. The lowest BCUT2D eigenvalue weighted by atomic mass is 10.0. The van der Waals surface area contributed by atoms with Gasteiger partial charge in [-0.25, -0.2) is 14.6 Å². The number of carboxylic acids is 2. The number of para-hydroxylation sites is 1. The number of nitrogens with zero attached hydrogens (tertiary/aromatic N) is 3. The number of fused-ring (bicyclic) bond motifs is 1. The van der Waals surface area contributed by atoms with Crippen molar-refractivity contribution in [1.82, 2.24) is 9.80 Å². The lowest BCUT2D eigenvalue weighted by molar-refractivity contribution is -0.134. The molecule has 10 heteroatoms. The highest BCUT2D eigenvalue weighted by molar-refractivity contribution is 8.13. The molecule has 0 saturated carbocycles. The summed E-state index contributed by atoms with van der Waals surface area (Å²) >= 11 is 1.87. The van der Waals surface area contributed by atoms with Gasteiger partial charge in [-0.2, -0.15) is 0 Å². The molecule has 0 unspecified atom stereocenters. The fourth-order valence-corrected chi connectivity index (χ4v) is 5.38. The molecule has 1 saturated heterocycles. The highest BCUT2D eigenvalue weighted by Crippen LogP contribution is 2.32. The number of carbonyl (C=O) groups is 2. The molecule has 2 heterocycles. The zero-order valence-electron chi connectivity index (χ0n) is 22.5. The van der Waals surface area contributed by atoms with Crippen molar-refractivity contribution in [2.75, 3.05) is 40.4 Å². The largest absolute Gasteiger partial charge is 0.497 e. The molecule has 2 N–H and O–H groups in total. The molecule has 0 aromatic heterocycles. The number of hydrogen-bond acceptors (Lipinski definition) is 8. The smallest absolute Gasteiger partial charge is 0.328 e. The molecule has 2 aliphatic heterocycles. The van der Waals surface area contributed by atoms with Crippen LogP contribution in [0.15, 0.2) is 65.7 Å². The van der Waals surface area contributed by atoms with E-state index in [1.807, 2.05) is 23.9 Å². The SMILES string of the molecule is COc1ccc(COCCCN2CCC(N(C)C3=Nc4ccccc4CS3)CC2)cc1.O=C(O)/C=C/C(=O)O. The minimum absolute atomic E-state index is 0.558. The van der Waals surface area contributed by atoms with Crippen LogP contribution < -0.4 is 4.74 Å². The van der Waals surface area contributed by atoms with Crippen molar-refractivity contribution < 1.29 is 29.3 Å². The maximum atomic E-state index is 9.55. The topological polar surface area (TPSA) is 112 Å². The molecule has 0 spiro atoms. The molecule has 2 aromatic rings. The molecule has 1 fully saturated rings. The van der Waals surface area contributed by atoms with Gasteiger partial charge in [0, 0.05) is 57.2 Å². The van der Waals surface area contributed by atoms with Crippen LogP contribution in [-0.4, -0.2) is 83.6 Å². The Balaban J connectivity index is 0.000000459. The van der Waals surface area contributed by atoms with Crippen LogP contribution in [0.3, 0.4) is 0 Å². The van der Waals surface area contributed by atoms with E-state index in [9.17, 15) is 9.59 Å². The third-order valence-corrected chi connectivity index (χ3v) is 7.62. The van der Waals surface area contributed by atoms with Gasteiger partial charge in [0.2, 0.25) is 0 Å². The van der Waals surface area contributed by atoms with Gasteiger partial charge in [-0.05, 0) is 48.6 Å². The Morgan fingerprint density at radius 2 is 1.74 bits per heavy atom. The molecule has 2 aromatic carbocycles. The number of aliphatic carboxylic acids is 2. The van der Waals surface area contributed by atoms with Crippen molar-refractivity contribution >= 4 is 34.6 Å². The first-order valence-electron chi connectivity index (χ1n) is 12.9. The molecule has 0 aliphatic carbocycles. The number of thioether (sulfide) groups is 1. The lowest BCUT2D eigenvalue weighted by Crippen LogP contribution is -2.45. The maximum Gasteiger partial charge on any atom is 0.328 e. The summed E-state index contributed by atoms with van der Waals surface area (Å²) in [4.78, 5) is 29.0. The Kier molecular flexibility index (Phi) is 12.3. The number of aliphatic imine (C=N–C) groups is 1. The average molecular weight is 556 g/mol. The van der Waals surface area contributed by atoms with E-state index in [-0.39, 0.29) is 0 Å². The van der Waals surface area contributed by atoms with Crippen LogP contribution in [0.5, 0.6) is 5.75 Å². The molecule has 9 nitrogen and oxygen atoms in total. The second kappa shape index (κ2) is 15.9. The van der Waals surface area contributed by atoms with Gasteiger partial charge in [-0.3, -0.25) is 0 Å². The quantitative estimate of drug-likeness (QED) is 0.320. The van der Waals surface area contributed by atoms with Crippen LogP contribution in [0.4, 0.5) is 5.69 Å². The fraction of sp³-hybridized carbons (Fsp3) is 0.414. The fourth-order valence-electron chi connectivity index (χ4n) is 4.33. The van der Waals surface area contributed by atoms with Crippen LogP contribution in [0.25, 0.3) is 0 Å². The molecule has 2 aliphatic rings. The molecule has 210 valence electrons. The first-order chi connectivity index (χ1) is 18.9. The van der Waals surface area contributed by atoms with E-state index in [1.165, 1.54) is 29.1 Å².